The number of rotatable bonds is 5. The fourth-order valence-electron chi connectivity index (χ4n) is 3.41. The van der Waals surface area contributed by atoms with Crippen LogP contribution in [0.1, 0.15) is 22.0 Å². The second kappa shape index (κ2) is 7.79. The first-order chi connectivity index (χ1) is 11.8. The number of sulfonamides is 1. The van der Waals surface area contributed by atoms with Crippen molar-refractivity contribution in [3.8, 4) is 0 Å². The molecule has 1 aliphatic rings. The highest BCUT2D eigenvalue weighted by molar-refractivity contribution is 7.89. The van der Waals surface area contributed by atoms with Gasteiger partial charge in [0, 0.05) is 32.3 Å². The third kappa shape index (κ3) is 3.64. The number of nitrogens with two attached hydrogens (primary N) is 2. The van der Waals surface area contributed by atoms with Gasteiger partial charge >= 0.3 is 0 Å². The number of primary amides is 1. The topological polar surface area (TPSA) is 111 Å². The van der Waals surface area contributed by atoms with Gasteiger partial charge < -0.3 is 16.0 Å². The molecule has 0 unspecified atom stereocenters. The molecule has 2 heterocycles. The van der Waals surface area contributed by atoms with Crippen molar-refractivity contribution in [2.45, 2.75) is 10.8 Å². The van der Waals surface area contributed by atoms with Crippen molar-refractivity contribution in [3.05, 3.63) is 53.9 Å². The Morgan fingerprint density at radius 3 is 2.42 bits per heavy atom. The van der Waals surface area contributed by atoms with Crippen molar-refractivity contribution in [1.29, 1.82) is 0 Å². The van der Waals surface area contributed by atoms with Crippen molar-refractivity contribution >= 4 is 28.3 Å². The van der Waals surface area contributed by atoms with Crippen LogP contribution in [-0.2, 0) is 17.1 Å². The van der Waals surface area contributed by atoms with Gasteiger partial charge in [0.05, 0.1) is 0 Å². The lowest BCUT2D eigenvalue weighted by atomic mass is 9.89. The van der Waals surface area contributed by atoms with Crippen LogP contribution >= 0.6 is 12.4 Å². The van der Waals surface area contributed by atoms with Gasteiger partial charge in [0.2, 0.25) is 10.0 Å². The van der Waals surface area contributed by atoms with E-state index in [2.05, 4.69) is 0 Å². The summed E-state index contributed by atoms with van der Waals surface area (Å²) in [6.45, 7) is 1.14. The van der Waals surface area contributed by atoms with Gasteiger partial charge in [-0.05, 0) is 24.1 Å². The van der Waals surface area contributed by atoms with Crippen LogP contribution in [0.2, 0.25) is 0 Å². The van der Waals surface area contributed by atoms with Crippen molar-refractivity contribution in [2.75, 3.05) is 19.6 Å². The molecule has 26 heavy (non-hydrogen) atoms. The average Bonchev–Trinajstić information content (AvgIpc) is 3.20. The third-order valence-electron chi connectivity index (χ3n) is 4.81. The van der Waals surface area contributed by atoms with E-state index in [4.69, 9.17) is 11.5 Å². The zero-order chi connectivity index (χ0) is 18.2. The minimum absolute atomic E-state index is 0. The van der Waals surface area contributed by atoms with E-state index < -0.39 is 15.9 Å². The van der Waals surface area contributed by atoms with Gasteiger partial charge in [-0.3, -0.25) is 4.79 Å². The Bertz CT molecular complexity index is 883. The number of hydrogen-bond donors (Lipinski definition) is 2. The predicted molar refractivity (Wildman–Crippen MR) is 102 cm³/mol. The van der Waals surface area contributed by atoms with Crippen molar-refractivity contribution in [1.82, 2.24) is 8.87 Å². The second-order valence-electron chi connectivity index (χ2n) is 6.37. The van der Waals surface area contributed by atoms with E-state index in [0.717, 1.165) is 5.56 Å². The van der Waals surface area contributed by atoms with Crippen molar-refractivity contribution < 1.29 is 13.2 Å². The molecule has 2 aromatic rings. The molecule has 1 amide bonds. The van der Waals surface area contributed by atoms with Crippen LogP contribution < -0.4 is 11.5 Å². The summed E-state index contributed by atoms with van der Waals surface area (Å²) >= 11 is 0. The highest BCUT2D eigenvalue weighted by Gasteiger charge is 2.39. The zero-order valence-corrected chi connectivity index (χ0v) is 16.0. The van der Waals surface area contributed by atoms with Crippen LogP contribution in [-0.4, -0.2) is 42.8 Å². The molecule has 1 fully saturated rings. The molecule has 3 rings (SSSR count). The van der Waals surface area contributed by atoms with E-state index in [1.807, 2.05) is 30.3 Å². The van der Waals surface area contributed by atoms with Gasteiger partial charge in [-0.2, -0.15) is 4.31 Å². The largest absolute Gasteiger partial charge is 0.364 e. The summed E-state index contributed by atoms with van der Waals surface area (Å²) < 4.78 is 28.8. The van der Waals surface area contributed by atoms with Crippen LogP contribution in [0, 0.1) is 5.92 Å². The number of nitrogens with zero attached hydrogens (tertiary/aromatic N) is 2. The summed E-state index contributed by atoms with van der Waals surface area (Å²) in [6, 6.07) is 11.1. The molecular weight excluding hydrogens is 376 g/mol. The van der Waals surface area contributed by atoms with Crippen molar-refractivity contribution in [3.63, 3.8) is 0 Å². The molecule has 9 heteroatoms. The molecule has 1 aromatic heterocycles. The Balaban J connectivity index is 0.00000243. The smallest absolute Gasteiger partial charge is 0.265 e. The lowest BCUT2D eigenvalue weighted by molar-refractivity contribution is 0.0992. The van der Waals surface area contributed by atoms with Crippen LogP contribution in [0.5, 0.6) is 0 Å². The van der Waals surface area contributed by atoms with Gasteiger partial charge in [-0.25, -0.2) is 8.42 Å². The Kier molecular flexibility index (Phi) is 6.13. The quantitative estimate of drug-likeness (QED) is 0.779. The Labute approximate surface area is 159 Å². The number of benzene rings is 1. The molecule has 7 nitrogen and oxygen atoms in total. The summed E-state index contributed by atoms with van der Waals surface area (Å²) in [6.07, 6.45) is 1.42. The number of amides is 1. The van der Waals surface area contributed by atoms with E-state index in [0.29, 0.717) is 19.6 Å². The van der Waals surface area contributed by atoms with Gasteiger partial charge in [0.1, 0.15) is 10.6 Å². The standard InChI is InChI=1S/C17H22N4O3S.ClH/c1-20-10-14(7-16(20)17(19)22)25(23,24)21-9-13(8-18)15(11-21)12-5-3-2-4-6-12;/h2-7,10,13,15H,8-9,11,18H2,1H3,(H2,19,22);1H/t13-,15+;/m1./s1. The minimum atomic E-state index is -3.71. The van der Waals surface area contributed by atoms with E-state index in [1.54, 1.807) is 7.05 Å². The van der Waals surface area contributed by atoms with E-state index in [9.17, 15) is 13.2 Å². The molecule has 2 atom stereocenters. The first-order valence-electron chi connectivity index (χ1n) is 8.06. The molecule has 0 saturated carbocycles. The summed E-state index contributed by atoms with van der Waals surface area (Å²) in [4.78, 5) is 11.5. The number of aryl methyl sites for hydroxylation is 1. The van der Waals surface area contributed by atoms with Gasteiger partial charge in [0.25, 0.3) is 5.91 Å². The summed E-state index contributed by atoms with van der Waals surface area (Å²) in [5, 5.41) is 0. The average molecular weight is 399 g/mol. The maximum absolute atomic E-state index is 13.0. The van der Waals surface area contributed by atoms with E-state index in [1.165, 1.54) is 21.1 Å². The van der Waals surface area contributed by atoms with Gasteiger partial charge in [-0.15, -0.1) is 12.4 Å². The fraction of sp³-hybridized carbons (Fsp3) is 0.353. The predicted octanol–water partition coefficient (Wildman–Crippen LogP) is 0.909. The van der Waals surface area contributed by atoms with Crippen molar-refractivity contribution in [2.24, 2.45) is 24.4 Å². The molecule has 1 aromatic carbocycles. The van der Waals surface area contributed by atoms with E-state index in [-0.39, 0.29) is 34.8 Å². The van der Waals surface area contributed by atoms with Crippen LogP contribution in [0.25, 0.3) is 0 Å². The monoisotopic (exact) mass is 398 g/mol. The first kappa shape index (κ1) is 20.4. The molecule has 0 radical (unpaired) electrons. The maximum Gasteiger partial charge on any atom is 0.265 e. The Hall–Kier alpha value is -1.87. The highest BCUT2D eigenvalue weighted by atomic mass is 35.5. The molecule has 4 N–H and O–H groups in total. The van der Waals surface area contributed by atoms with Crippen LogP contribution in [0.15, 0.2) is 47.5 Å². The number of carbonyl (C=O) groups is 1. The molecule has 0 spiro atoms. The van der Waals surface area contributed by atoms with Crippen LogP contribution in [0.4, 0.5) is 0 Å². The summed E-state index contributed by atoms with van der Waals surface area (Å²) in [5.41, 5.74) is 12.4. The van der Waals surface area contributed by atoms with Crippen LogP contribution in [0.3, 0.4) is 0 Å². The highest BCUT2D eigenvalue weighted by Crippen LogP contribution is 2.35. The normalized spacial score (nSPS) is 20.7. The zero-order valence-electron chi connectivity index (χ0n) is 14.4. The number of halogens is 1. The molecule has 1 saturated heterocycles. The van der Waals surface area contributed by atoms with Gasteiger partial charge in [0.15, 0.2) is 0 Å². The molecule has 1 aliphatic heterocycles. The summed E-state index contributed by atoms with van der Waals surface area (Å²) in [5.74, 6) is -0.552. The lowest BCUT2D eigenvalue weighted by Crippen LogP contribution is -2.29. The summed E-state index contributed by atoms with van der Waals surface area (Å²) in [7, 11) is -2.11. The lowest BCUT2D eigenvalue weighted by Gasteiger charge is -2.16. The molecular formula is C17H23ClN4O3S. The SMILES string of the molecule is Cl.Cn1cc(S(=O)(=O)N2C[C@@H](CN)[C@H](c3ccccc3)C2)cc1C(N)=O. The first-order valence-corrected chi connectivity index (χ1v) is 9.50. The van der Waals surface area contributed by atoms with E-state index >= 15 is 0 Å². The third-order valence-corrected chi connectivity index (χ3v) is 6.61. The Morgan fingerprint density at radius 2 is 1.88 bits per heavy atom. The maximum atomic E-state index is 13.0. The number of aromatic nitrogens is 1. The molecule has 0 bridgehead atoms. The van der Waals surface area contributed by atoms with Gasteiger partial charge in [-0.1, -0.05) is 30.3 Å². The number of hydrogen-bond acceptors (Lipinski definition) is 4. The molecule has 142 valence electrons. The fourth-order valence-corrected chi connectivity index (χ4v) is 5.01. The number of carbonyl (C=O) groups excluding carboxylic acids is 1. The Morgan fingerprint density at radius 1 is 1.23 bits per heavy atom. The molecule has 0 aliphatic carbocycles. The second-order valence-corrected chi connectivity index (χ2v) is 8.31. The minimum Gasteiger partial charge on any atom is -0.364 e.